The van der Waals surface area contributed by atoms with Gasteiger partial charge in [-0.05, 0) is 30.3 Å². The molecule has 0 unspecified atom stereocenters. The lowest BCUT2D eigenvalue weighted by atomic mass is 10.1. The fourth-order valence-electron chi connectivity index (χ4n) is 3.37. The third-order valence-corrected chi connectivity index (χ3v) is 4.97. The molecule has 2 aromatic rings. The summed E-state index contributed by atoms with van der Waals surface area (Å²) in [6, 6.07) is 9.60. The maximum Gasteiger partial charge on any atom is 0.416 e. The van der Waals surface area contributed by atoms with Crippen LogP contribution in [-0.2, 0) is 11.0 Å². The van der Waals surface area contributed by atoms with Crippen molar-refractivity contribution in [1.82, 2.24) is 4.90 Å². The minimum Gasteiger partial charge on any atom is -0.493 e. The van der Waals surface area contributed by atoms with Crippen molar-refractivity contribution in [1.29, 1.82) is 0 Å². The van der Waals surface area contributed by atoms with Crippen molar-refractivity contribution in [3.8, 4) is 11.5 Å². The molecule has 1 amide bonds. The van der Waals surface area contributed by atoms with Crippen LogP contribution in [0.4, 0.5) is 27.6 Å². The summed E-state index contributed by atoms with van der Waals surface area (Å²) in [5.74, 6) is -0.419. The summed E-state index contributed by atoms with van der Waals surface area (Å²) in [4.78, 5) is 15.9. The van der Waals surface area contributed by atoms with Crippen molar-refractivity contribution in [2.45, 2.75) is 12.8 Å². The Bertz CT molecular complexity index is 970. The largest absolute Gasteiger partial charge is 0.493 e. The van der Waals surface area contributed by atoms with Crippen molar-refractivity contribution in [3.63, 3.8) is 0 Å². The van der Waals surface area contributed by atoms with Crippen LogP contribution >= 0.6 is 0 Å². The first-order valence-corrected chi connectivity index (χ1v) is 9.70. The van der Waals surface area contributed by atoms with Crippen LogP contribution in [0.2, 0.25) is 0 Å². The van der Waals surface area contributed by atoms with Crippen molar-refractivity contribution in [3.05, 3.63) is 59.7 Å². The molecular weight excluding hydrogens is 435 g/mol. The van der Waals surface area contributed by atoms with Crippen molar-refractivity contribution in [2.75, 3.05) is 38.2 Å². The quantitative estimate of drug-likeness (QED) is 0.468. The summed E-state index contributed by atoms with van der Waals surface area (Å²) in [5.41, 5.74) is -0.0372. The molecule has 0 radical (unpaired) electrons. The van der Waals surface area contributed by atoms with Gasteiger partial charge in [0.25, 0.3) is 0 Å². The number of hydrogen-bond donors (Lipinski definition) is 0. The first kappa shape index (κ1) is 23.4. The van der Waals surface area contributed by atoms with E-state index in [0.717, 1.165) is 12.1 Å². The maximum atomic E-state index is 12.9. The molecule has 0 atom stereocenters. The Kier molecular flexibility index (Phi) is 7.22. The summed E-state index contributed by atoms with van der Waals surface area (Å²) in [7, 11) is 1.32. The molecule has 0 aromatic heterocycles. The van der Waals surface area contributed by atoms with Crippen molar-refractivity contribution in [2.24, 2.45) is 0 Å². The number of methoxy groups -OCH3 is 1. The van der Waals surface area contributed by atoms with Crippen LogP contribution in [0.25, 0.3) is 6.08 Å². The van der Waals surface area contributed by atoms with Gasteiger partial charge in [0.2, 0.25) is 5.91 Å². The van der Waals surface area contributed by atoms with Gasteiger partial charge >= 0.3 is 12.8 Å². The Morgan fingerprint density at radius 2 is 1.75 bits per heavy atom. The molecule has 1 aliphatic rings. The number of benzene rings is 2. The summed E-state index contributed by atoms with van der Waals surface area (Å²) >= 11 is 0. The van der Waals surface area contributed by atoms with E-state index in [2.05, 4.69) is 4.74 Å². The molecular formula is C22H21F5N2O3. The lowest BCUT2D eigenvalue weighted by Crippen LogP contribution is -2.48. The highest BCUT2D eigenvalue weighted by Crippen LogP contribution is 2.34. The first-order valence-electron chi connectivity index (χ1n) is 9.70. The van der Waals surface area contributed by atoms with Gasteiger partial charge in [-0.2, -0.15) is 22.0 Å². The Balaban J connectivity index is 1.65. The van der Waals surface area contributed by atoms with Crippen LogP contribution in [0.5, 0.6) is 11.5 Å². The normalized spacial score (nSPS) is 14.8. The van der Waals surface area contributed by atoms with E-state index in [1.165, 1.54) is 42.4 Å². The number of rotatable bonds is 6. The molecule has 0 spiro atoms. The zero-order chi connectivity index (χ0) is 23.3. The highest BCUT2D eigenvalue weighted by atomic mass is 19.4. The second-order valence-electron chi connectivity index (χ2n) is 6.95. The minimum absolute atomic E-state index is 0.106. The molecule has 172 valence electrons. The van der Waals surface area contributed by atoms with Gasteiger partial charge in [-0.25, -0.2) is 0 Å². The average Bonchev–Trinajstić information content (AvgIpc) is 2.77. The van der Waals surface area contributed by atoms with Crippen molar-refractivity contribution >= 4 is 17.7 Å². The Labute approximate surface area is 181 Å². The second-order valence-corrected chi connectivity index (χ2v) is 6.95. The molecule has 0 saturated carbocycles. The number of carbonyl (C=O) groups is 1. The zero-order valence-corrected chi connectivity index (χ0v) is 17.1. The highest BCUT2D eigenvalue weighted by molar-refractivity contribution is 5.92. The van der Waals surface area contributed by atoms with Crippen LogP contribution in [0, 0.1) is 0 Å². The minimum atomic E-state index is -4.43. The number of anilines is 1. The number of alkyl halides is 5. The molecule has 0 bridgehead atoms. The van der Waals surface area contributed by atoms with Gasteiger partial charge in [-0.15, -0.1) is 0 Å². The van der Waals surface area contributed by atoms with Crippen LogP contribution in [0.15, 0.2) is 48.5 Å². The van der Waals surface area contributed by atoms with E-state index >= 15 is 0 Å². The number of piperazine rings is 1. The molecule has 5 nitrogen and oxygen atoms in total. The molecule has 1 heterocycles. The van der Waals surface area contributed by atoms with Gasteiger partial charge in [-0.1, -0.05) is 18.2 Å². The third kappa shape index (κ3) is 5.68. The van der Waals surface area contributed by atoms with E-state index in [1.807, 2.05) is 0 Å². The molecule has 1 fully saturated rings. The Hall–Kier alpha value is -3.30. The first-order chi connectivity index (χ1) is 15.2. The predicted molar refractivity (Wildman–Crippen MR) is 109 cm³/mol. The zero-order valence-electron chi connectivity index (χ0n) is 17.1. The summed E-state index contributed by atoms with van der Waals surface area (Å²) in [6.45, 7) is -1.73. The van der Waals surface area contributed by atoms with Crippen LogP contribution in [0.3, 0.4) is 0 Å². The van der Waals surface area contributed by atoms with E-state index in [4.69, 9.17) is 4.74 Å². The number of halogens is 5. The molecule has 1 aliphatic heterocycles. The maximum absolute atomic E-state index is 12.9. The van der Waals surface area contributed by atoms with Crippen LogP contribution in [-0.4, -0.2) is 50.7 Å². The molecule has 10 heteroatoms. The second kappa shape index (κ2) is 9.88. The van der Waals surface area contributed by atoms with E-state index in [-0.39, 0.29) is 23.0 Å². The fourth-order valence-corrected chi connectivity index (χ4v) is 3.37. The van der Waals surface area contributed by atoms with E-state index < -0.39 is 18.4 Å². The van der Waals surface area contributed by atoms with E-state index in [0.29, 0.717) is 31.9 Å². The molecule has 0 aliphatic carbocycles. The van der Waals surface area contributed by atoms with E-state index in [1.54, 1.807) is 17.0 Å². The topological polar surface area (TPSA) is 42.0 Å². The molecule has 1 saturated heterocycles. The van der Waals surface area contributed by atoms with E-state index in [9.17, 15) is 26.7 Å². The van der Waals surface area contributed by atoms with Gasteiger partial charge in [-0.3, -0.25) is 4.79 Å². The molecule has 2 aromatic carbocycles. The number of amides is 1. The number of ether oxygens (including phenoxy) is 2. The summed E-state index contributed by atoms with van der Waals surface area (Å²) < 4.78 is 73.8. The van der Waals surface area contributed by atoms with Crippen LogP contribution < -0.4 is 14.4 Å². The van der Waals surface area contributed by atoms with Gasteiger partial charge in [0, 0.05) is 43.5 Å². The summed E-state index contributed by atoms with van der Waals surface area (Å²) in [6.07, 6.45) is -1.82. The van der Waals surface area contributed by atoms with Crippen LogP contribution in [0.1, 0.15) is 11.1 Å². The number of nitrogens with zero attached hydrogens (tertiary/aromatic N) is 2. The predicted octanol–water partition coefficient (Wildman–Crippen LogP) is 4.68. The number of carbonyl (C=O) groups excluding carboxylic acids is 1. The molecule has 3 rings (SSSR count). The molecule has 0 N–H and O–H groups in total. The van der Waals surface area contributed by atoms with Gasteiger partial charge in [0.05, 0.1) is 12.7 Å². The van der Waals surface area contributed by atoms with Gasteiger partial charge in [0.15, 0.2) is 11.5 Å². The Morgan fingerprint density at radius 1 is 1.06 bits per heavy atom. The fraction of sp³-hybridized carbons (Fsp3) is 0.318. The lowest BCUT2D eigenvalue weighted by Gasteiger charge is -2.36. The van der Waals surface area contributed by atoms with Gasteiger partial charge < -0.3 is 19.3 Å². The van der Waals surface area contributed by atoms with Gasteiger partial charge in [0.1, 0.15) is 0 Å². The standard InChI is InChI=1S/C22H21F5N2O3/c1-31-18-7-2-4-15(20(18)32-21(23)24)8-9-19(30)29-12-10-28(11-13-29)17-6-3-5-16(14-17)22(25,26)27/h2-9,14,21H,10-13H2,1H3/b9-8+. The summed E-state index contributed by atoms with van der Waals surface area (Å²) in [5, 5.41) is 0. The third-order valence-electron chi connectivity index (χ3n) is 4.97. The smallest absolute Gasteiger partial charge is 0.416 e. The monoisotopic (exact) mass is 456 g/mol. The lowest BCUT2D eigenvalue weighted by molar-refractivity contribution is -0.137. The number of hydrogen-bond acceptors (Lipinski definition) is 4. The number of para-hydroxylation sites is 1. The Morgan fingerprint density at radius 3 is 2.38 bits per heavy atom. The van der Waals surface area contributed by atoms with Crippen molar-refractivity contribution < 1.29 is 36.2 Å². The molecule has 32 heavy (non-hydrogen) atoms. The SMILES string of the molecule is COc1cccc(/C=C/C(=O)N2CCN(c3cccc(C(F)(F)F)c3)CC2)c1OC(F)F. The average molecular weight is 456 g/mol. The highest BCUT2D eigenvalue weighted by Gasteiger charge is 2.31.